The molecule has 0 aliphatic heterocycles. The summed E-state index contributed by atoms with van der Waals surface area (Å²) in [5, 5.41) is 3.11. The second-order valence-corrected chi connectivity index (χ2v) is 7.14. The van der Waals surface area contributed by atoms with Crippen molar-refractivity contribution in [1.82, 2.24) is 0 Å². The Balaban J connectivity index is 2.26. The average Bonchev–Trinajstić information content (AvgIpc) is 2.81. The van der Waals surface area contributed by atoms with Crippen LogP contribution in [-0.2, 0) is 0 Å². The molecule has 0 aliphatic rings. The van der Waals surface area contributed by atoms with E-state index in [0.29, 0.717) is 15.6 Å². The molecule has 2 rings (SSSR count). The third-order valence-electron chi connectivity index (χ3n) is 2.74. The monoisotopic (exact) mass is 392 g/mol. The predicted octanol–water partition coefficient (Wildman–Crippen LogP) is 5.11. The fourth-order valence-corrected chi connectivity index (χ4v) is 3.64. The van der Waals surface area contributed by atoms with Crippen LogP contribution < -0.4 is 11.1 Å². The molecule has 106 valence electrons. The van der Waals surface area contributed by atoms with Gasteiger partial charge in [-0.25, -0.2) is 4.39 Å². The smallest absolute Gasteiger partial charge is 0.161 e. The molecule has 0 fully saturated rings. The van der Waals surface area contributed by atoms with E-state index < -0.39 is 5.82 Å². The summed E-state index contributed by atoms with van der Waals surface area (Å²) >= 11 is 15.4. The maximum Gasteiger partial charge on any atom is 0.161 e. The molecule has 1 aromatic carbocycles. The van der Waals surface area contributed by atoms with Crippen molar-refractivity contribution in [2.24, 2.45) is 5.73 Å². The van der Waals surface area contributed by atoms with Crippen LogP contribution in [0.2, 0.25) is 4.34 Å². The highest BCUT2D eigenvalue weighted by Gasteiger charge is 2.15. The van der Waals surface area contributed by atoms with E-state index in [1.807, 2.05) is 19.1 Å². The molecule has 0 amide bonds. The van der Waals surface area contributed by atoms with Crippen molar-refractivity contribution in [2.75, 3.05) is 5.32 Å². The summed E-state index contributed by atoms with van der Waals surface area (Å²) in [5.41, 5.74) is 6.39. The van der Waals surface area contributed by atoms with Crippen molar-refractivity contribution in [2.45, 2.75) is 13.0 Å². The highest BCUT2D eigenvalue weighted by atomic mass is 79.9. The molecule has 0 saturated carbocycles. The fraction of sp³-hybridized carbons (Fsp3) is 0.154. The second-order valence-electron chi connectivity index (χ2n) is 4.16. The van der Waals surface area contributed by atoms with Crippen molar-refractivity contribution in [3.8, 4) is 0 Å². The zero-order valence-electron chi connectivity index (χ0n) is 10.4. The zero-order valence-corrected chi connectivity index (χ0v) is 14.4. The SMILES string of the molecule is CC(Nc1ccc(C(N)=S)c(Br)c1F)c1ccc(Cl)s1. The number of halogens is 3. The first-order valence-electron chi connectivity index (χ1n) is 5.69. The van der Waals surface area contributed by atoms with Crippen LogP contribution in [0, 0.1) is 5.82 Å². The standard InChI is InChI=1S/C13H11BrClFN2S2/c1-6(9-4-5-10(15)20-9)18-8-3-2-7(13(17)19)11(14)12(8)16/h2-6,18H,1H3,(H2,17,19). The number of benzene rings is 1. The number of nitrogens with two attached hydrogens (primary N) is 1. The van der Waals surface area contributed by atoms with E-state index in [1.165, 1.54) is 11.3 Å². The van der Waals surface area contributed by atoms with E-state index in [1.54, 1.807) is 12.1 Å². The number of thiophene rings is 1. The Morgan fingerprint density at radius 2 is 2.15 bits per heavy atom. The fourth-order valence-electron chi connectivity index (χ4n) is 1.72. The van der Waals surface area contributed by atoms with Crippen molar-refractivity contribution in [1.29, 1.82) is 0 Å². The molecule has 0 spiro atoms. The van der Waals surface area contributed by atoms with Gasteiger partial charge in [-0.2, -0.15) is 0 Å². The quantitative estimate of drug-likeness (QED) is 0.709. The van der Waals surface area contributed by atoms with E-state index in [4.69, 9.17) is 29.6 Å². The van der Waals surface area contributed by atoms with Gasteiger partial charge in [0, 0.05) is 10.4 Å². The third kappa shape index (κ3) is 3.31. The Kier molecular flexibility index (Phi) is 5.01. The van der Waals surface area contributed by atoms with Gasteiger partial charge in [-0.05, 0) is 47.1 Å². The van der Waals surface area contributed by atoms with Gasteiger partial charge in [-0.1, -0.05) is 23.8 Å². The number of thiocarbonyl (C=S) groups is 1. The van der Waals surface area contributed by atoms with E-state index >= 15 is 0 Å². The van der Waals surface area contributed by atoms with Crippen LogP contribution in [0.3, 0.4) is 0 Å². The molecule has 7 heteroatoms. The van der Waals surface area contributed by atoms with Crippen molar-refractivity contribution in [3.05, 3.63) is 49.3 Å². The molecule has 0 bridgehead atoms. The normalized spacial score (nSPS) is 12.2. The van der Waals surface area contributed by atoms with Gasteiger partial charge < -0.3 is 11.1 Å². The van der Waals surface area contributed by atoms with Crippen molar-refractivity contribution < 1.29 is 4.39 Å². The van der Waals surface area contributed by atoms with Gasteiger partial charge in [0.2, 0.25) is 0 Å². The summed E-state index contributed by atoms with van der Waals surface area (Å²) < 4.78 is 15.2. The first kappa shape index (κ1) is 15.7. The van der Waals surface area contributed by atoms with E-state index in [0.717, 1.165) is 4.88 Å². The van der Waals surface area contributed by atoms with Crippen LogP contribution in [0.5, 0.6) is 0 Å². The first-order valence-corrected chi connectivity index (χ1v) is 8.09. The molecule has 3 N–H and O–H groups in total. The van der Waals surface area contributed by atoms with Crippen LogP contribution in [0.15, 0.2) is 28.7 Å². The number of hydrogen-bond donors (Lipinski definition) is 2. The van der Waals surface area contributed by atoms with Crippen molar-refractivity contribution in [3.63, 3.8) is 0 Å². The van der Waals surface area contributed by atoms with Crippen molar-refractivity contribution >= 4 is 61.8 Å². The van der Waals surface area contributed by atoms with Gasteiger partial charge in [0.25, 0.3) is 0 Å². The summed E-state index contributed by atoms with van der Waals surface area (Å²) in [4.78, 5) is 1.18. The largest absolute Gasteiger partial charge is 0.389 e. The molecule has 0 saturated heterocycles. The minimum atomic E-state index is -0.412. The van der Waals surface area contributed by atoms with Gasteiger partial charge in [-0.15, -0.1) is 11.3 Å². The van der Waals surface area contributed by atoms with E-state index in [9.17, 15) is 4.39 Å². The Morgan fingerprint density at radius 3 is 2.70 bits per heavy atom. The van der Waals surface area contributed by atoms with Crippen LogP contribution in [-0.4, -0.2) is 4.99 Å². The van der Waals surface area contributed by atoms with E-state index in [2.05, 4.69) is 21.2 Å². The Morgan fingerprint density at radius 1 is 1.45 bits per heavy atom. The number of rotatable bonds is 4. The van der Waals surface area contributed by atoms with Crippen LogP contribution in [0.4, 0.5) is 10.1 Å². The summed E-state index contributed by atoms with van der Waals surface area (Å²) in [5.74, 6) is -0.412. The summed E-state index contributed by atoms with van der Waals surface area (Å²) in [6.45, 7) is 1.94. The number of hydrogen-bond acceptors (Lipinski definition) is 3. The molecule has 2 aromatic rings. The molecular formula is C13H11BrClFN2S2. The van der Waals surface area contributed by atoms with Crippen LogP contribution >= 0.6 is 51.1 Å². The van der Waals surface area contributed by atoms with Crippen LogP contribution in [0.1, 0.15) is 23.4 Å². The maximum atomic E-state index is 14.3. The number of nitrogens with one attached hydrogen (secondary N) is 1. The topological polar surface area (TPSA) is 38.0 Å². The molecule has 1 aromatic heterocycles. The lowest BCUT2D eigenvalue weighted by Crippen LogP contribution is -2.12. The number of anilines is 1. The van der Waals surface area contributed by atoms with Gasteiger partial charge in [0.15, 0.2) is 5.82 Å². The molecule has 0 radical (unpaired) electrons. The molecule has 0 aliphatic carbocycles. The van der Waals surface area contributed by atoms with Gasteiger partial charge in [0.05, 0.1) is 20.5 Å². The highest BCUT2D eigenvalue weighted by molar-refractivity contribution is 9.10. The summed E-state index contributed by atoms with van der Waals surface area (Å²) in [6.07, 6.45) is 0. The van der Waals surface area contributed by atoms with E-state index in [-0.39, 0.29) is 15.5 Å². The predicted molar refractivity (Wildman–Crippen MR) is 91.4 cm³/mol. The van der Waals surface area contributed by atoms with Gasteiger partial charge in [-0.3, -0.25) is 0 Å². The Labute approximate surface area is 139 Å². The molecular weight excluding hydrogens is 383 g/mol. The molecule has 1 heterocycles. The Hall–Kier alpha value is -0.690. The highest BCUT2D eigenvalue weighted by Crippen LogP contribution is 2.32. The lowest BCUT2D eigenvalue weighted by molar-refractivity contribution is 0.621. The average molecular weight is 394 g/mol. The lowest BCUT2D eigenvalue weighted by Gasteiger charge is -2.16. The van der Waals surface area contributed by atoms with Crippen LogP contribution in [0.25, 0.3) is 0 Å². The van der Waals surface area contributed by atoms with Gasteiger partial charge in [0.1, 0.15) is 4.99 Å². The zero-order chi connectivity index (χ0) is 14.9. The molecule has 1 atom stereocenters. The third-order valence-corrected chi connectivity index (χ3v) is 5.15. The Bertz CT molecular complexity index is 660. The lowest BCUT2D eigenvalue weighted by atomic mass is 10.1. The molecule has 1 unspecified atom stereocenters. The maximum absolute atomic E-state index is 14.3. The van der Waals surface area contributed by atoms with Gasteiger partial charge >= 0.3 is 0 Å². The summed E-state index contributed by atoms with van der Waals surface area (Å²) in [6, 6.07) is 7.00. The first-order chi connectivity index (χ1) is 9.40. The minimum absolute atomic E-state index is 0.0513. The minimum Gasteiger partial charge on any atom is -0.389 e. The second kappa shape index (κ2) is 6.39. The molecule has 20 heavy (non-hydrogen) atoms. The summed E-state index contributed by atoms with van der Waals surface area (Å²) in [7, 11) is 0. The molecule has 2 nitrogen and oxygen atoms in total.